The first-order valence-electron chi connectivity index (χ1n) is 3.83. The Labute approximate surface area is 88.5 Å². The van der Waals surface area contributed by atoms with Crippen LogP contribution in [0.1, 0.15) is 12.0 Å². The number of nitrogens with zero attached hydrogens (tertiary/aromatic N) is 1. The summed E-state index contributed by atoms with van der Waals surface area (Å²) >= 11 is 2.85. The quantitative estimate of drug-likeness (QED) is 0.858. The zero-order valence-electron chi connectivity index (χ0n) is 7.09. The average molecular weight is 260 g/mol. The molecule has 0 aromatic heterocycles. The summed E-state index contributed by atoms with van der Waals surface area (Å²) in [5, 5.41) is 26.9. The van der Waals surface area contributed by atoms with Crippen molar-refractivity contribution in [3.8, 4) is 17.6 Å². The SMILES string of the molecule is N#CCCc1cc(F)c(O)c(Br)c1O. The Hall–Kier alpha value is -1.28. The molecule has 0 aliphatic heterocycles. The minimum absolute atomic E-state index is 0.0783. The molecule has 0 atom stereocenters. The lowest BCUT2D eigenvalue weighted by molar-refractivity contribution is 0.410. The highest BCUT2D eigenvalue weighted by Gasteiger charge is 2.14. The van der Waals surface area contributed by atoms with Gasteiger partial charge in [0.15, 0.2) is 11.6 Å². The number of rotatable bonds is 2. The largest absolute Gasteiger partial charge is 0.506 e. The van der Waals surface area contributed by atoms with E-state index >= 15 is 0 Å². The fourth-order valence-corrected chi connectivity index (χ4v) is 1.47. The van der Waals surface area contributed by atoms with E-state index < -0.39 is 11.6 Å². The second-order valence-electron chi connectivity index (χ2n) is 2.69. The summed E-state index contributed by atoms with van der Waals surface area (Å²) in [6.07, 6.45) is 0.433. The fourth-order valence-electron chi connectivity index (χ4n) is 1.03. The smallest absolute Gasteiger partial charge is 0.169 e. The van der Waals surface area contributed by atoms with Crippen molar-refractivity contribution in [1.82, 2.24) is 0 Å². The fraction of sp³-hybridized carbons (Fsp3) is 0.222. The second kappa shape index (κ2) is 4.29. The van der Waals surface area contributed by atoms with E-state index in [9.17, 15) is 9.50 Å². The maximum atomic E-state index is 13.0. The molecule has 0 amide bonds. The van der Waals surface area contributed by atoms with Gasteiger partial charge in [0.2, 0.25) is 0 Å². The van der Waals surface area contributed by atoms with Crippen LogP contribution in [-0.2, 0) is 6.42 Å². The van der Waals surface area contributed by atoms with Crippen LogP contribution in [0.4, 0.5) is 4.39 Å². The van der Waals surface area contributed by atoms with E-state index in [1.807, 2.05) is 6.07 Å². The molecule has 0 aliphatic rings. The van der Waals surface area contributed by atoms with Crippen LogP contribution in [0, 0.1) is 17.1 Å². The van der Waals surface area contributed by atoms with Gasteiger partial charge in [-0.15, -0.1) is 0 Å². The number of hydrogen-bond donors (Lipinski definition) is 2. The first-order valence-corrected chi connectivity index (χ1v) is 4.63. The molecule has 74 valence electrons. The van der Waals surface area contributed by atoms with Gasteiger partial charge < -0.3 is 10.2 Å². The molecule has 0 unspecified atom stereocenters. The van der Waals surface area contributed by atoms with Gasteiger partial charge in [-0.3, -0.25) is 0 Å². The van der Waals surface area contributed by atoms with Crippen LogP contribution in [0.25, 0.3) is 0 Å². The summed E-state index contributed by atoms with van der Waals surface area (Å²) in [5.41, 5.74) is 0.300. The van der Waals surface area contributed by atoms with Crippen molar-refractivity contribution < 1.29 is 14.6 Å². The molecule has 0 bridgehead atoms. The van der Waals surface area contributed by atoms with Crippen LogP contribution < -0.4 is 0 Å². The van der Waals surface area contributed by atoms with Crippen LogP contribution in [0.2, 0.25) is 0 Å². The van der Waals surface area contributed by atoms with Gasteiger partial charge in [-0.05, 0) is 34.0 Å². The molecule has 5 heteroatoms. The van der Waals surface area contributed by atoms with E-state index in [4.69, 9.17) is 10.4 Å². The van der Waals surface area contributed by atoms with Gasteiger partial charge in [0, 0.05) is 6.42 Å². The number of aromatic hydroxyl groups is 2. The van der Waals surface area contributed by atoms with Crippen molar-refractivity contribution in [3.05, 3.63) is 21.9 Å². The third-order valence-corrected chi connectivity index (χ3v) is 2.50. The van der Waals surface area contributed by atoms with Crippen LogP contribution in [0.3, 0.4) is 0 Å². The van der Waals surface area contributed by atoms with Crippen LogP contribution in [0.5, 0.6) is 11.5 Å². The van der Waals surface area contributed by atoms with Gasteiger partial charge in [0.25, 0.3) is 0 Å². The third-order valence-electron chi connectivity index (χ3n) is 1.75. The number of halogens is 2. The van der Waals surface area contributed by atoms with Crippen molar-refractivity contribution in [2.45, 2.75) is 12.8 Å². The van der Waals surface area contributed by atoms with E-state index in [0.29, 0.717) is 5.56 Å². The number of nitriles is 1. The topological polar surface area (TPSA) is 64.2 Å². The maximum absolute atomic E-state index is 13.0. The number of phenols is 2. The summed E-state index contributed by atoms with van der Waals surface area (Å²) in [4.78, 5) is 0. The number of benzene rings is 1. The first-order chi connectivity index (χ1) is 6.57. The van der Waals surface area contributed by atoms with Crippen molar-refractivity contribution in [1.29, 1.82) is 5.26 Å². The predicted octanol–water partition coefficient (Wildman–Crippen LogP) is 2.46. The second-order valence-corrected chi connectivity index (χ2v) is 3.48. The monoisotopic (exact) mass is 259 g/mol. The zero-order valence-corrected chi connectivity index (χ0v) is 8.68. The van der Waals surface area contributed by atoms with Crippen molar-refractivity contribution in [2.24, 2.45) is 0 Å². The molecule has 0 spiro atoms. The van der Waals surface area contributed by atoms with E-state index in [0.717, 1.165) is 6.07 Å². The standard InChI is InChI=1S/C9H7BrFNO2/c10-7-8(13)5(2-1-3-12)4-6(11)9(7)14/h4,13-14H,1-2H2. The molecule has 0 saturated carbocycles. The van der Waals surface area contributed by atoms with Gasteiger partial charge in [-0.25, -0.2) is 4.39 Å². The highest BCUT2D eigenvalue weighted by Crippen LogP contribution is 2.38. The minimum Gasteiger partial charge on any atom is -0.506 e. The molecule has 0 fully saturated rings. The number of aryl methyl sites for hydroxylation is 1. The van der Waals surface area contributed by atoms with Crippen molar-refractivity contribution >= 4 is 15.9 Å². The predicted molar refractivity (Wildman–Crippen MR) is 51.4 cm³/mol. The third kappa shape index (κ3) is 1.96. The minimum atomic E-state index is -0.817. The summed E-state index contributed by atoms with van der Waals surface area (Å²) < 4.78 is 12.9. The van der Waals surface area contributed by atoms with Crippen LogP contribution >= 0.6 is 15.9 Å². The van der Waals surface area contributed by atoms with Crippen LogP contribution in [-0.4, -0.2) is 10.2 Å². The molecule has 14 heavy (non-hydrogen) atoms. The Morgan fingerprint density at radius 1 is 1.43 bits per heavy atom. The van der Waals surface area contributed by atoms with Crippen molar-refractivity contribution in [2.75, 3.05) is 0 Å². The van der Waals surface area contributed by atoms with Crippen molar-refractivity contribution in [3.63, 3.8) is 0 Å². The van der Waals surface area contributed by atoms with Gasteiger partial charge in [0.1, 0.15) is 10.2 Å². The highest BCUT2D eigenvalue weighted by molar-refractivity contribution is 9.10. The summed E-state index contributed by atoms with van der Waals surface area (Å²) in [6, 6.07) is 2.91. The zero-order chi connectivity index (χ0) is 10.7. The Bertz CT molecular complexity index is 401. The molecule has 3 nitrogen and oxygen atoms in total. The van der Waals surface area contributed by atoms with E-state index in [1.165, 1.54) is 0 Å². The molecule has 0 heterocycles. The van der Waals surface area contributed by atoms with E-state index in [2.05, 4.69) is 15.9 Å². The van der Waals surface area contributed by atoms with E-state index in [1.54, 1.807) is 0 Å². The van der Waals surface area contributed by atoms with E-state index in [-0.39, 0.29) is 23.1 Å². The Kier molecular flexibility index (Phi) is 3.31. The Balaban J connectivity index is 3.14. The maximum Gasteiger partial charge on any atom is 0.169 e. The average Bonchev–Trinajstić information content (AvgIpc) is 2.18. The summed E-state index contributed by atoms with van der Waals surface area (Å²) in [6.45, 7) is 0. The molecular weight excluding hydrogens is 253 g/mol. The molecule has 1 aromatic carbocycles. The lowest BCUT2D eigenvalue weighted by Gasteiger charge is -2.06. The normalized spacial score (nSPS) is 9.79. The summed E-state index contributed by atoms with van der Waals surface area (Å²) in [5.74, 6) is -1.66. The highest BCUT2D eigenvalue weighted by atomic mass is 79.9. The van der Waals surface area contributed by atoms with Gasteiger partial charge in [0.05, 0.1) is 6.07 Å². The lowest BCUT2D eigenvalue weighted by Crippen LogP contribution is -1.89. The molecule has 0 saturated heterocycles. The van der Waals surface area contributed by atoms with Crippen LogP contribution in [0.15, 0.2) is 10.5 Å². The Morgan fingerprint density at radius 3 is 2.64 bits per heavy atom. The van der Waals surface area contributed by atoms with Gasteiger partial charge >= 0.3 is 0 Å². The number of hydrogen-bond acceptors (Lipinski definition) is 3. The van der Waals surface area contributed by atoms with Gasteiger partial charge in [-0.1, -0.05) is 0 Å². The molecule has 1 rings (SSSR count). The molecule has 0 radical (unpaired) electrons. The first kappa shape index (κ1) is 10.8. The summed E-state index contributed by atoms with van der Waals surface area (Å²) in [7, 11) is 0. The molecule has 0 aliphatic carbocycles. The lowest BCUT2D eigenvalue weighted by atomic mass is 10.1. The Morgan fingerprint density at radius 2 is 2.07 bits per heavy atom. The molecular formula is C9H7BrFNO2. The molecule has 1 aromatic rings. The number of phenolic OH excluding ortho intramolecular Hbond substituents is 2. The molecule has 2 N–H and O–H groups in total. The van der Waals surface area contributed by atoms with Gasteiger partial charge in [-0.2, -0.15) is 5.26 Å².